The van der Waals surface area contributed by atoms with Gasteiger partial charge in [-0.3, -0.25) is 4.79 Å². The van der Waals surface area contributed by atoms with Crippen molar-refractivity contribution in [2.45, 2.75) is 51.5 Å². The maximum absolute atomic E-state index is 12.1. The summed E-state index contributed by atoms with van der Waals surface area (Å²) < 4.78 is 0. The van der Waals surface area contributed by atoms with Gasteiger partial charge in [-0.15, -0.1) is 17.8 Å². The monoisotopic (exact) mass is 261 g/mol. The van der Waals surface area contributed by atoms with Crippen LogP contribution in [-0.2, 0) is 12.8 Å². The lowest BCUT2D eigenvalue weighted by molar-refractivity contribution is 0.0949. The van der Waals surface area contributed by atoms with Gasteiger partial charge in [0, 0.05) is 4.88 Å². The van der Waals surface area contributed by atoms with Crippen LogP contribution in [-0.4, -0.2) is 11.9 Å². The van der Waals surface area contributed by atoms with Gasteiger partial charge in [0.2, 0.25) is 0 Å². The number of carbonyl (C=O) groups excluding carboxylic acids is 1. The van der Waals surface area contributed by atoms with Crippen LogP contribution in [0.2, 0.25) is 0 Å². The number of nitrogens with one attached hydrogen (secondary N) is 1. The van der Waals surface area contributed by atoms with Gasteiger partial charge in [-0.05, 0) is 43.7 Å². The van der Waals surface area contributed by atoms with Crippen LogP contribution < -0.4 is 5.32 Å². The van der Waals surface area contributed by atoms with Gasteiger partial charge in [-0.25, -0.2) is 0 Å². The fraction of sp³-hybridized carbons (Fsp3) is 0.533. The molecular formula is C15H19NOS. The largest absolute Gasteiger partial charge is 0.338 e. The van der Waals surface area contributed by atoms with Crippen molar-refractivity contribution >= 4 is 17.2 Å². The molecule has 0 aliphatic heterocycles. The van der Waals surface area contributed by atoms with E-state index in [1.807, 2.05) is 6.92 Å². The summed E-state index contributed by atoms with van der Waals surface area (Å²) in [5.41, 5.74) is 1.37. The molecule has 1 aliphatic carbocycles. The van der Waals surface area contributed by atoms with Crippen LogP contribution in [0.4, 0.5) is 0 Å². The molecule has 0 saturated carbocycles. The zero-order chi connectivity index (χ0) is 13.0. The summed E-state index contributed by atoms with van der Waals surface area (Å²) in [6.07, 6.45) is 12.2. The second-order valence-corrected chi connectivity index (χ2v) is 5.86. The summed E-state index contributed by atoms with van der Waals surface area (Å²) in [6.45, 7) is 1.98. The molecule has 0 bridgehead atoms. The first-order valence-corrected chi connectivity index (χ1v) is 7.44. The van der Waals surface area contributed by atoms with E-state index in [1.165, 1.54) is 29.7 Å². The van der Waals surface area contributed by atoms with E-state index in [-0.39, 0.29) is 11.9 Å². The minimum atomic E-state index is -0.153. The fourth-order valence-electron chi connectivity index (χ4n) is 2.27. The first-order chi connectivity index (χ1) is 8.74. The molecule has 0 spiro atoms. The molecule has 1 aromatic heterocycles. The lowest BCUT2D eigenvalue weighted by Gasteiger charge is -2.09. The van der Waals surface area contributed by atoms with E-state index in [4.69, 9.17) is 6.42 Å². The highest BCUT2D eigenvalue weighted by Gasteiger charge is 2.17. The molecule has 0 fully saturated rings. The Morgan fingerprint density at radius 3 is 3.00 bits per heavy atom. The van der Waals surface area contributed by atoms with Crippen molar-refractivity contribution in [2.75, 3.05) is 0 Å². The van der Waals surface area contributed by atoms with Crippen LogP contribution in [0.25, 0.3) is 0 Å². The minimum absolute atomic E-state index is 0.0159. The van der Waals surface area contributed by atoms with Crippen molar-refractivity contribution in [3.63, 3.8) is 0 Å². The Labute approximate surface area is 113 Å². The molecule has 96 valence electrons. The second-order valence-electron chi connectivity index (χ2n) is 4.72. The van der Waals surface area contributed by atoms with E-state index < -0.39 is 0 Å². The molecule has 0 aromatic carbocycles. The molecule has 1 amide bonds. The van der Waals surface area contributed by atoms with Crippen LogP contribution in [0.3, 0.4) is 0 Å². The number of hydrogen-bond donors (Lipinski definition) is 1. The average molecular weight is 261 g/mol. The maximum atomic E-state index is 12.1. The zero-order valence-electron chi connectivity index (χ0n) is 10.8. The number of thiophene rings is 1. The Morgan fingerprint density at radius 2 is 2.28 bits per heavy atom. The molecule has 1 unspecified atom stereocenters. The standard InChI is InChI=1S/C15H19NOS/c1-3-12(4-2)16-15(17)14-10-11-8-6-5-7-9-13(11)18-14/h1,10,12H,4-9H2,2H3,(H,16,17). The van der Waals surface area contributed by atoms with E-state index in [2.05, 4.69) is 17.3 Å². The van der Waals surface area contributed by atoms with Gasteiger partial charge < -0.3 is 5.32 Å². The van der Waals surface area contributed by atoms with Crippen LogP contribution in [0.1, 0.15) is 52.7 Å². The molecule has 1 heterocycles. The molecule has 1 N–H and O–H groups in total. The Morgan fingerprint density at radius 1 is 1.50 bits per heavy atom. The van der Waals surface area contributed by atoms with E-state index in [1.54, 1.807) is 11.3 Å². The predicted octanol–water partition coefficient (Wildman–Crippen LogP) is 3.16. The van der Waals surface area contributed by atoms with Crippen LogP contribution >= 0.6 is 11.3 Å². The van der Waals surface area contributed by atoms with Crippen LogP contribution in [0.5, 0.6) is 0 Å². The quantitative estimate of drug-likeness (QED) is 0.657. The van der Waals surface area contributed by atoms with Crippen molar-refractivity contribution in [1.29, 1.82) is 0 Å². The number of terminal acetylenes is 1. The van der Waals surface area contributed by atoms with Crippen molar-refractivity contribution in [1.82, 2.24) is 5.32 Å². The topological polar surface area (TPSA) is 29.1 Å². The molecule has 1 aromatic rings. The number of carbonyl (C=O) groups is 1. The number of rotatable bonds is 3. The summed E-state index contributed by atoms with van der Waals surface area (Å²) in [7, 11) is 0. The van der Waals surface area contributed by atoms with Crippen molar-refractivity contribution < 1.29 is 4.79 Å². The molecule has 3 heteroatoms. The third-order valence-corrected chi connectivity index (χ3v) is 4.62. The summed E-state index contributed by atoms with van der Waals surface area (Å²) >= 11 is 1.64. The van der Waals surface area contributed by atoms with Crippen molar-refractivity contribution in [3.05, 3.63) is 21.4 Å². The van der Waals surface area contributed by atoms with Gasteiger partial charge in [0.05, 0.1) is 10.9 Å². The van der Waals surface area contributed by atoms with Crippen molar-refractivity contribution in [3.8, 4) is 12.3 Å². The van der Waals surface area contributed by atoms with E-state index >= 15 is 0 Å². The molecule has 0 saturated heterocycles. The SMILES string of the molecule is C#CC(CC)NC(=O)c1cc2c(s1)CCCCC2. The minimum Gasteiger partial charge on any atom is -0.338 e. The number of fused-ring (bicyclic) bond motifs is 1. The van der Waals surface area contributed by atoms with Crippen LogP contribution in [0, 0.1) is 12.3 Å². The van der Waals surface area contributed by atoms with Crippen molar-refractivity contribution in [2.24, 2.45) is 0 Å². The average Bonchev–Trinajstić information content (AvgIpc) is 2.67. The zero-order valence-corrected chi connectivity index (χ0v) is 11.6. The van der Waals surface area contributed by atoms with E-state index in [9.17, 15) is 4.79 Å². The highest BCUT2D eigenvalue weighted by Crippen LogP contribution is 2.28. The third kappa shape index (κ3) is 2.94. The maximum Gasteiger partial charge on any atom is 0.262 e. The number of amides is 1. The summed E-state index contributed by atoms with van der Waals surface area (Å²) in [5.74, 6) is 2.58. The molecule has 1 atom stereocenters. The van der Waals surface area contributed by atoms with Gasteiger partial charge in [0.15, 0.2) is 0 Å². The Kier molecular flexibility index (Phi) is 4.43. The normalized spacial score (nSPS) is 16.2. The molecule has 18 heavy (non-hydrogen) atoms. The summed E-state index contributed by atoms with van der Waals surface area (Å²) in [6, 6.07) is 1.91. The van der Waals surface area contributed by atoms with Gasteiger partial charge in [0.25, 0.3) is 5.91 Å². The third-order valence-electron chi connectivity index (χ3n) is 3.39. The Balaban J connectivity index is 2.10. The highest BCUT2D eigenvalue weighted by molar-refractivity contribution is 7.14. The molecular weight excluding hydrogens is 242 g/mol. The first-order valence-electron chi connectivity index (χ1n) is 6.63. The fourth-order valence-corrected chi connectivity index (χ4v) is 3.43. The molecule has 1 aliphatic rings. The first kappa shape index (κ1) is 13.2. The molecule has 2 nitrogen and oxygen atoms in total. The number of aryl methyl sites for hydroxylation is 2. The highest BCUT2D eigenvalue weighted by atomic mass is 32.1. The predicted molar refractivity (Wildman–Crippen MR) is 76.0 cm³/mol. The lowest BCUT2D eigenvalue weighted by atomic mass is 10.1. The number of hydrogen-bond acceptors (Lipinski definition) is 2. The molecule has 0 radical (unpaired) electrons. The van der Waals surface area contributed by atoms with E-state index in [0.717, 1.165) is 24.1 Å². The Bertz CT molecular complexity index is 446. The van der Waals surface area contributed by atoms with Gasteiger partial charge >= 0.3 is 0 Å². The smallest absolute Gasteiger partial charge is 0.262 e. The van der Waals surface area contributed by atoms with Crippen LogP contribution in [0.15, 0.2) is 6.07 Å². The molecule has 2 rings (SSSR count). The summed E-state index contributed by atoms with van der Waals surface area (Å²) in [4.78, 5) is 14.3. The van der Waals surface area contributed by atoms with Gasteiger partial charge in [-0.2, -0.15) is 0 Å². The van der Waals surface area contributed by atoms with E-state index in [0.29, 0.717) is 0 Å². The van der Waals surface area contributed by atoms with Gasteiger partial charge in [-0.1, -0.05) is 19.3 Å². The Hall–Kier alpha value is -1.27. The van der Waals surface area contributed by atoms with Gasteiger partial charge in [0.1, 0.15) is 0 Å². The second kappa shape index (κ2) is 6.06. The summed E-state index contributed by atoms with van der Waals surface area (Å²) in [5, 5.41) is 2.89. The lowest BCUT2D eigenvalue weighted by Crippen LogP contribution is -2.32.